The number of carbonyl (C=O) groups excluding carboxylic acids is 1. The third-order valence-corrected chi connectivity index (χ3v) is 3.52. The van der Waals surface area contributed by atoms with Crippen molar-refractivity contribution in [1.82, 2.24) is 5.32 Å². The third-order valence-electron chi connectivity index (χ3n) is 3.52. The van der Waals surface area contributed by atoms with E-state index in [1.54, 1.807) is 6.92 Å². The first-order valence-corrected chi connectivity index (χ1v) is 7.13. The molecule has 5 atom stereocenters. The van der Waals surface area contributed by atoms with Crippen LogP contribution in [-0.4, -0.2) is 57.8 Å². The van der Waals surface area contributed by atoms with Crippen molar-refractivity contribution in [2.75, 3.05) is 6.61 Å². The maximum Gasteiger partial charge on any atom is 0.220 e. The van der Waals surface area contributed by atoms with Crippen LogP contribution in [0.25, 0.3) is 0 Å². The first-order chi connectivity index (χ1) is 9.19. The highest BCUT2D eigenvalue weighted by Gasteiger charge is 2.45. The number of hydrogen-bond donors (Lipinski definition) is 4. The molecule has 1 fully saturated rings. The molecule has 0 bridgehead atoms. The summed E-state index contributed by atoms with van der Waals surface area (Å²) in [6.45, 7) is 7.15. The van der Waals surface area contributed by atoms with Gasteiger partial charge >= 0.3 is 0 Å². The minimum atomic E-state index is -1.15. The van der Waals surface area contributed by atoms with Gasteiger partial charge in [-0.2, -0.15) is 0 Å². The quantitative estimate of drug-likeness (QED) is 0.574. The fourth-order valence-electron chi connectivity index (χ4n) is 2.52. The molecular weight excluding hydrogens is 262 g/mol. The Balaban J connectivity index is 2.90. The predicted octanol–water partition coefficient (Wildman–Crippen LogP) is -0.201. The van der Waals surface area contributed by atoms with Crippen molar-refractivity contribution in [3.8, 4) is 0 Å². The summed E-state index contributed by atoms with van der Waals surface area (Å²) < 4.78 is 5.89. The molecule has 118 valence electrons. The Bertz CT molecular complexity index is 328. The van der Waals surface area contributed by atoms with Gasteiger partial charge in [-0.15, -0.1) is 0 Å². The third kappa shape index (κ3) is 4.41. The molecule has 0 aromatic heterocycles. The standard InChI is InChI=1S/C14H27NO5/c1-5-10(17)15-11-9(20-14(2,3)4)6-8(7-16)12(18)13(11)19/h8-9,11-13,16,18-19H,5-7H2,1-4H3,(H,15,17)/t8-,9?,11+,12+,13-/m1/s1. The van der Waals surface area contributed by atoms with Gasteiger partial charge in [-0.05, 0) is 27.2 Å². The molecule has 0 aromatic carbocycles. The lowest BCUT2D eigenvalue weighted by molar-refractivity contribution is -0.166. The second-order valence-corrected chi connectivity index (χ2v) is 6.38. The molecule has 20 heavy (non-hydrogen) atoms. The molecular formula is C14H27NO5. The van der Waals surface area contributed by atoms with Crippen molar-refractivity contribution >= 4 is 5.91 Å². The Morgan fingerprint density at radius 1 is 1.30 bits per heavy atom. The van der Waals surface area contributed by atoms with Gasteiger partial charge in [-0.25, -0.2) is 0 Å². The van der Waals surface area contributed by atoms with Crippen LogP contribution >= 0.6 is 0 Å². The molecule has 1 unspecified atom stereocenters. The van der Waals surface area contributed by atoms with Crippen molar-refractivity contribution in [3.05, 3.63) is 0 Å². The topological polar surface area (TPSA) is 99.0 Å². The molecule has 4 N–H and O–H groups in total. The molecule has 0 radical (unpaired) electrons. The molecule has 6 nitrogen and oxygen atoms in total. The van der Waals surface area contributed by atoms with E-state index in [-0.39, 0.29) is 12.5 Å². The summed E-state index contributed by atoms with van der Waals surface area (Å²) >= 11 is 0. The number of aliphatic hydroxyl groups is 3. The van der Waals surface area contributed by atoms with E-state index in [1.807, 2.05) is 20.8 Å². The number of rotatable bonds is 4. The van der Waals surface area contributed by atoms with E-state index >= 15 is 0 Å². The summed E-state index contributed by atoms with van der Waals surface area (Å²) in [4.78, 5) is 11.6. The first-order valence-electron chi connectivity index (χ1n) is 7.13. The zero-order valence-electron chi connectivity index (χ0n) is 12.7. The van der Waals surface area contributed by atoms with Gasteiger partial charge in [0.15, 0.2) is 0 Å². The van der Waals surface area contributed by atoms with Crippen molar-refractivity contribution in [2.45, 2.75) is 70.5 Å². The Morgan fingerprint density at radius 3 is 2.35 bits per heavy atom. The second kappa shape index (κ2) is 6.85. The zero-order valence-corrected chi connectivity index (χ0v) is 12.7. The van der Waals surface area contributed by atoms with Crippen LogP contribution in [0.3, 0.4) is 0 Å². The lowest BCUT2D eigenvalue weighted by Gasteiger charge is -2.44. The van der Waals surface area contributed by atoms with Gasteiger partial charge in [-0.3, -0.25) is 4.79 Å². The van der Waals surface area contributed by atoms with Crippen LogP contribution in [0.1, 0.15) is 40.5 Å². The number of ether oxygens (including phenoxy) is 1. The Hall–Kier alpha value is -0.690. The first kappa shape index (κ1) is 17.4. The molecule has 6 heteroatoms. The number of aliphatic hydroxyl groups excluding tert-OH is 3. The summed E-state index contributed by atoms with van der Waals surface area (Å²) in [5.41, 5.74) is -0.443. The van der Waals surface area contributed by atoms with Crippen LogP contribution in [0.5, 0.6) is 0 Å². The molecule has 0 spiro atoms. The van der Waals surface area contributed by atoms with Crippen molar-refractivity contribution < 1.29 is 24.9 Å². The van der Waals surface area contributed by atoms with E-state index in [9.17, 15) is 20.1 Å². The molecule has 0 aliphatic heterocycles. The average molecular weight is 289 g/mol. The smallest absolute Gasteiger partial charge is 0.220 e. The van der Waals surface area contributed by atoms with Crippen molar-refractivity contribution in [3.63, 3.8) is 0 Å². The van der Waals surface area contributed by atoms with Gasteiger partial charge in [0.05, 0.1) is 23.9 Å². The Morgan fingerprint density at radius 2 is 1.90 bits per heavy atom. The van der Waals surface area contributed by atoms with E-state index in [0.717, 1.165) is 0 Å². The van der Waals surface area contributed by atoms with Crippen molar-refractivity contribution in [1.29, 1.82) is 0 Å². The van der Waals surface area contributed by atoms with Gasteiger partial charge in [0, 0.05) is 18.9 Å². The molecule has 0 saturated heterocycles. The summed E-state index contributed by atoms with van der Waals surface area (Å²) in [7, 11) is 0. The summed E-state index contributed by atoms with van der Waals surface area (Å²) in [5, 5.41) is 32.2. The highest BCUT2D eigenvalue weighted by atomic mass is 16.5. The van der Waals surface area contributed by atoms with Crippen LogP contribution < -0.4 is 5.32 Å². The van der Waals surface area contributed by atoms with E-state index in [2.05, 4.69) is 5.32 Å². The van der Waals surface area contributed by atoms with Crippen LogP contribution in [0.2, 0.25) is 0 Å². The van der Waals surface area contributed by atoms with Crippen LogP contribution in [0.4, 0.5) is 0 Å². The lowest BCUT2D eigenvalue weighted by atomic mass is 9.79. The highest BCUT2D eigenvalue weighted by molar-refractivity contribution is 5.76. The molecule has 0 heterocycles. The summed E-state index contributed by atoms with van der Waals surface area (Å²) in [5.74, 6) is -0.654. The van der Waals surface area contributed by atoms with Crippen molar-refractivity contribution in [2.24, 2.45) is 5.92 Å². The number of amides is 1. The molecule has 0 aromatic rings. The normalized spacial score (nSPS) is 34.9. The van der Waals surface area contributed by atoms with Gasteiger partial charge in [-0.1, -0.05) is 6.92 Å². The van der Waals surface area contributed by atoms with E-state index in [4.69, 9.17) is 4.74 Å². The number of hydrogen-bond acceptors (Lipinski definition) is 5. The van der Waals surface area contributed by atoms with Crippen LogP contribution in [0, 0.1) is 5.92 Å². The SMILES string of the molecule is CCC(=O)N[C@H]1C(OC(C)(C)C)C[C@H](CO)[C@H](O)[C@@H]1O. The van der Waals surface area contributed by atoms with Gasteiger partial charge < -0.3 is 25.4 Å². The van der Waals surface area contributed by atoms with E-state index in [1.165, 1.54) is 0 Å². The molecule has 1 amide bonds. The number of carbonyl (C=O) groups is 1. The minimum Gasteiger partial charge on any atom is -0.396 e. The van der Waals surface area contributed by atoms with Gasteiger partial charge in [0.25, 0.3) is 0 Å². The van der Waals surface area contributed by atoms with E-state index < -0.39 is 35.9 Å². The largest absolute Gasteiger partial charge is 0.396 e. The number of nitrogens with one attached hydrogen (secondary N) is 1. The Kier molecular flexibility index (Phi) is 5.94. The van der Waals surface area contributed by atoms with E-state index in [0.29, 0.717) is 12.8 Å². The predicted molar refractivity (Wildman–Crippen MR) is 74.1 cm³/mol. The van der Waals surface area contributed by atoms with Gasteiger partial charge in [0.1, 0.15) is 6.10 Å². The Labute approximate surface area is 120 Å². The average Bonchev–Trinajstić information content (AvgIpc) is 2.36. The maximum absolute atomic E-state index is 11.6. The maximum atomic E-state index is 11.6. The second-order valence-electron chi connectivity index (χ2n) is 6.38. The molecule has 1 saturated carbocycles. The minimum absolute atomic E-state index is 0.203. The zero-order chi connectivity index (χ0) is 15.5. The van der Waals surface area contributed by atoms with Crippen LogP contribution in [-0.2, 0) is 9.53 Å². The monoisotopic (exact) mass is 289 g/mol. The van der Waals surface area contributed by atoms with Gasteiger partial charge in [0.2, 0.25) is 5.91 Å². The highest BCUT2D eigenvalue weighted by Crippen LogP contribution is 2.30. The fraction of sp³-hybridized carbons (Fsp3) is 0.929. The van der Waals surface area contributed by atoms with Crippen LogP contribution in [0.15, 0.2) is 0 Å². The summed E-state index contributed by atoms with van der Waals surface area (Å²) in [6.07, 6.45) is -1.97. The summed E-state index contributed by atoms with van der Waals surface area (Å²) in [6, 6.07) is -0.667. The molecule has 1 rings (SSSR count). The molecule has 1 aliphatic carbocycles. The lowest BCUT2D eigenvalue weighted by Crippen LogP contribution is -2.62. The molecule has 1 aliphatic rings. The fourth-order valence-corrected chi connectivity index (χ4v) is 2.52.